The SMILES string of the molecule is O=[N+]([O-])c1ccc(NCCOCCOCCOCCCCCCI)c([N+](=O)[O-])c1. The molecule has 1 aromatic rings. The fraction of sp³-hybridized carbons (Fsp3) is 0.667. The minimum Gasteiger partial charge on any atom is -0.379 e. The van der Waals surface area contributed by atoms with Gasteiger partial charge in [0.15, 0.2) is 0 Å². The third-order valence-corrected chi connectivity index (χ3v) is 4.63. The maximum atomic E-state index is 11.0. The number of nitro benzene ring substituents is 2. The Morgan fingerprint density at radius 3 is 2.07 bits per heavy atom. The van der Waals surface area contributed by atoms with Crippen LogP contribution in [0.25, 0.3) is 0 Å². The average molecular weight is 525 g/mol. The third kappa shape index (κ3) is 11.9. The van der Waals surface area contributed by atoms with Crippen LogP contribution in [0.3, 0.4) is 0 Å². The molecule has 29 heavy (non-hydrogen) atoms. The summed E-state index contributed by atoms with van der Waals surface area (Å²) >= 11 is 2.39. The number of nitro groups is 2. The summed E-state index contributed by atoms with van der Waals surface area (Å²) in [5.74, 6) is 0. The highest BCUT2D eigenvalue weighted by molar-refractivity contribution is 14.1. The molecule has 0 bridgehead atoms. The van der Waals surface area contributed by atoms with Crippen molar-refractivity contribution in [3.63, 3.8) is 0 Å². The molecule has 0 saturated heterocycles. The van der Waals surface area contributed by atoms with Gasteiger partial charge in [-0.3, -0.25) is 20.2 Å². The van der Waals surface area contributed by atoms with E-state index in [0.717, 1.165) is 19.1 Å². The molecule has 0 aromatic heterocycles. The molecule has 0 amide bonds. The van der Waals surface area contributed by atoms with Gasteiger partial charge in [-0.15, -0.1) is 0 Å². The van der Waals surface area contributed by atoms with Gasteiger partial charge in [0, 0.05) is 19.2 Å². The van der Waals surface area contributed by atoms with E-state index < -0.39 is 9.85 Å². The molecule has 1 rings (SSSR count). The van der Waals surface area contributed by atoms with E-state index in [-0.39, 0.29) is 17.1 Å². The smallest absolute Gasteiger partial charge is 0.299 e. The van der Waals surface area contributed by atoms with Crippen molar-refractivity contribution in [2.75, 3.05) is 55.9 Å². The molecule has 10 nitrogen and oxygen atoms in total. The van der Waals surface area contributed by atoms with Crippen LogP contribution in [0.1, 0.15) is 25.7 Å². The first-order chi connectivity index (χ1) is 14.1. The predicted molar refractivity (Wildman–Crippen MR) is 118 cm³/mol. The molecule has 164 valence electrons. The molecule has 0 radical (unpaired) electrons. The molecule has 1 aromatic carbocycles. The minimum absolute atomic E-state index is 0.215. The fourth-order valence-electron chi connectivity index (χ4n) is 2.39. The highest BCUT2D eigenvalue weighted by atomic mass is 127. The number of anilines is 1. The first-order valence-electron chi connectivity index (χ1n) is 9.52. The number of alkyl halides is 1. The number of halogens is 1. The van der Waals surface area contributed by atoms with Gasteiger partial charge in [0.1, 0.15) is 5.69 Å². The van der Waals surface area contributed by atoms with Gasteiger partial charge >= 0.3 is 0 Å². The second kappa shape index (κ2) is 16.3. The van der Waals surface area contributed by atoms with Crippen LogP contribution in [0.2, 0.25) is 0 Å². The lowest BCUT2D eigenvalue weighted by Gasteiger charge is -2.09. The van der Waals surface area contributed by atoms with E-state index in [0.29, 0.717) is 39.6 Å². The van der Waals surface area contributed by atoms with Gasteiger partial charge in [-0.1, -0.05) is 35.4 Å². The topological polar surface area (TPSA) is 126 Å². The van der Waals surface area contributed by atoms with E-state index in [1.165, 1.54) is 35.8 Å². The lowest BCUT2D eigenvalue weighted by molar-refractivity contribution is -0.393. The Morgan fingerprint density at radius 2 is 1.45 bits per heavy atom. The average Bonchev–Trinajstić information content (AvgIpc) is 2.70. The van der Waals surface area contributed by atoms with Gasteiger partial charge in [-0.25, -0.2) is 0 Å². The van der Waals surface area contributed by atoms with E-state index >= 15 is 0 Å². The summed E-state index contributed by atoms with van der Waals surface area (Å²) in [5, 5.41) is 24.6. The number of unbranched alkanes of at least 4 members (excludes halogenated alkanes) is 3. The standard InChI is InChI=1S/C18H28IN3O7/c19-7-3-1-2-4-9-27-11-13-29-14-12-28-10-8-20-17-6-5-16(21(23)24)15-18(17)22(25)26/h5-6,15,20H,1-4,7-14H2. The highest BCUT2D eigenvalue weighted by Gasteiger charge is 2.18. The van der Waals surface area contributed by atoms with Crippen LogP contribution in [0, 0.1) is 20.2 Å². The summed E-state index contributed by atoms with van der Waals surface area (Å²) in [6.45, 7) is 3.35. The van der Waals surface area contributed by atoms with Crippen molar-refractivity contribution >= 4 is 39.7 Å². The van der Waals surface area contributed by atoms with Crippen LogP contribution < -0.4 is 5.32 Å². The summed E-state index contributed by atoms with van der Waals surface area (Å²) in [6, 6.07) is 3.48. The second-order valence-corrected chi connectivity index (χ2v) is 7.16. The molecule has 0 saturated carbocycles. The van der Waals surface area contributed by atoms with Gasteiger partial charge in [-0.2, -0.15) is 0 Å². The summed E-state index contributed by atoms with van der Waals surface area (Å²) in [6.07, 6.45) is 4.81. The largest absolute Gasteiger partial charge is 0.379 e. The number of nitrogens with zero attached hydrogens (tertiary/aromatic N) is 2. The van der Waals surface area contributed by atoms with Crippen LogP contribution in [-0.4, -0.2) is 60.5 Å². The molecule has 0 heterocycles. The van der Waals surface area contributed by atoms with E-state index in [9.17, 15) is 20.2 Å². The number of non-ortho nitro benzene ring substituents is 1. The van der Waals surface area contributed by atoms with Crippen molar-refractivity contribution in [3.8, 4) is 0 Å². The Bertz CT molecular complexity index is 619. The first kappa shape index (κ1) is 25.5. The molecule has 1 N–H and O–H groups in total. The maximum absolute atomic E-state index is 11.0. The normalized spacial score (nSPS) is 10.8. The van der Waals surface area contributed by atoms with Crippen molar-refractivity contribution in [1.29, 1.82) is 0 Å². The molecule has 0 spiro atoms. The van der Waals surface area contributed by atoms with Crippen molar-refractivity contribution in [2.45, 2.75) is 25.7 Å². The highest BCUT2D eigenvalue weighted by Crippen LogP contribution is 2.28. The zero-order valence-electron chi connectivity index (χ0n) is 16.3. The summed E-state index contributed by atoms with van der Waals surface area (Å²) in [4.78, 5) is 20.4. The summed E-state index contributed by atoms with van der Waals surface area (Å²) < 4.78 is 17.5. The fourth-order valence-corrected chi connectivity index (χ4v) is 2.93. The van der Waals surface area contributed by atoms with Gasteiger partial charge < -0.3 is 19.5 Å². The number of ether oxygens (including phenoxy) is 3. The molecule has 0 unspecified atom stereocenters. The van der Waals surface area contributed by atoms with Gasteiger partial charge in [-0.05, 0) is 23.3 Å². The Labute approximate surface area is 183 Å². The Kier molecular flexibility index (Phi) is 14.3. The number of rotatable bonds is 18. The van der Waals surface area contributed by atoms with Crippen molar-refractivity contribution in [3.05, 3.63) is 38.4 Å². The van der Waals surface area contributed by atoms with Crippen molar-refractivity contribution in [1.82, 2.24) is 0 Å². The zero-order valence-corrected chi connectivity index (χ0v) is 18.5. The van der Waals surface area contributed by atoms with Crippen molar-refractivity contribution < 1.29 is 24.1 Å². The Morgan fingerprint density at radius 1 is 0.828 bits per heavy atom. The number of nitrogens with one attached hydrogen (secondary N) is 1. The van der Waals surface area contributed by atoms with Gasteiger partial charge in [0.25, 0.3) is 11.4 Å². The lowest BCUT2D eigenvalue weighted by Crippen LogP contribution is -2.14. The quantitative estimate of drug-likeness (QED) is 0.100. The summed E-state index contributed by atoms with van der Waals surface area (Å²) in [7, 11) is 0. The van der Waals surface area contributed by atoms with Crippen LogP contribution in [0.4, 0.5) is 17.1 Å². The first-order valence-corrected chi connectivity index (χ1v) is 11.0. The molecule has 11 heteroatoms. The minimum atomic E-state index is -0.668. The van der Waals surface area contributed by atoms with Gasteiger partial charge in [0.05, 0.1) is 48.9 Å². The van der Waals surface area contributed by atoms with E-state index in [1.807, 2.05) is 0 Å². The Balaban J connectivity index is 2.03. The number of hydrogen-bond acceptors (Lipinski definition) is 8. The van der Waals surface area contributed by atoms with E-state index in [1.54, 1.807) is 0 Å². The number of hydrogen-bond donors (Lipinski definition) is 1. The molecule has 0 aliphatic rings. The lowest BCUT2D eigenvalue weighted by atomic mass is 10.2. The molecule has 0 fully saturated rings. The Hall–Kier alpha value is -1.57. The maximum Gasteiger partial charge on any atom is 0.299 e. The van der Waals surface area contributed by atoms with Crippen LogP contribution in [-0.2, 0) is 14.2 Å². The zero-order chi connectivity index (χ0) is 21.3. The molecule has 0 atom stereocenters. The van der Waals surface area contributed by atoms with Crippen LogP contribution in [0.15, 0.2) is 18.2 Å². The monoisotopic (exact) mass is 525 g/mol. The number of benzene rings is 1. The second-order valence-electron chi connectivity index (χ2n) is 6.08. The molecule has 0 aliphatic carbocycles. The van der Waals surface area contributed by atoms with E-state index in [2.05, 4.69) is 27.9 Å². The third-order valence-electron chi connectivity index (χ3n) is 3.87. The van der Waals surface area contributed by atoms with Crippen LogP contribution >= 0.6 is 22.6 Å². The van der Waals surface area contributed by atoms with Crippen molar-refractivity contribution in [2.24, 2.45) is 0 Å². The molecular formula is C18H28IN3O7. The molecule has 0 aliphatic heterocycles. The summed E-state index contributed by atoms with van der Waals surface area (Å²) in [5.41, 5.74) is -0.449. The van der Waals surface area contributed by atoms with Gasteiger partial charge in [0.2, 0.25) is 0 Å². The van der Waals surface area contributed by atoms with E-state index in [4.69, 9.17) is 14.2 Å². The molecular weight excluding hydrogens is 497 g/mol. The van der Waals surface area contributed by atoms with Crippen LogP contribution in [0.5, 0.6) is 0 Å². The predicted octanol–water partition coefficient (Wildman–Crippen LogP) is 3.96.